The van der Waals surface area contributed by atoms with Gasteiger partial charge in [-0.15, -0.1) is 0 Å². The van der Waals surface area contributed by atoms with Crippen molar-refractivity contribution in [3.8, 4) is 0 Å². The minimum absolute atomic E-state index is 0.105. The number of piperidine rings is 1. The van der Waals surface area contributed by atoms with Gasteiger partial charge in [0.15, 0.2) is 9.84 Å². The average molecular weight is 380 g/mol. The molecule has 0 bridgehead atoms. The van der Waals surface area contributed by atoms with Crippen molar-refractivity contribution < 1.29 is 18.1 Å². The van der Waals surface area contributed by atoms with Gasteiger partial charge in [0.25, 0.3) is 5.91 Å². The van der Waals surface area contributed by atoms with Crippen LogP contribution in [0.15, 0.2) is 29.2 Å². The number of rotatable bonds is 5. The predicted molar refractivity (Wildman–Crippen MR) is 102 cm³/mol. The number of hydrogen-bond donors (Lipinski definition) is 2. The second-order valence-electron chi connectivity index (χ2n) is 7.98. The second kappa shape index (κ2) is 8.09. The van der Waals surface area contributed by atoms with Gasteiger partial charge < -0.3 is 10.2 Å². The molecule has 2 N–H and O–H groups in total. The fraction of sp³-hybridized carbons (Fsp3) is 0.650. The van der Waals surface area contributed by atoms with Gasteiger partial charge in [-0.1, -0.05) is 6.42 Å². The first-order chi connectivity index (χ1) is 12.4. The highest BCUT2D eigenvalue weighted by atomic mass is 32.2. The molecule has 6 heteroatoms. The summed E-state index contributed by atoms with van der Waals surface area (Å²) >= 11 is 0. The zero-order valence-corrected chi connectivity index (χ0v) is 16.5. The van der Waals surface area contributed by atoms with Gasteiger partial charge in [-0.25, -0.2) is 8.42 Å². The summed E-state index contributed by atoms with van der Waals surface area (Å²) in [5.41, 5.74) is 0.707. The normalized spacial score (nSPS) is 21.3. The molecule has 1 aromatic carbocycles. The van der Waals surface area contributed by atoms with Gasteiger partial charge in [-0.05, 0) is 56.4 Å². The Balaban J connectivity index is 1.67. The van der Waals surface area contributed by atoms with E-state index < -0.39 is 9.84 Å². The molecule has 1 aliphatic carbocycles. The third kappa shape index (κ3) is 4.46. The number of quaternary nitrogens is 1. The quantitative estimate of drug-likeness (QED) is 0.816. The van der Waals surface area contributed by atoms with E-state index in [4.69, 9.17) is 0 Å². The molecule has 0 unspecified atom stereocenters. The lowest BCUT2D eigenvalue weighted by molar-refractivity contribution is -0.957. The highest BCUT2D eigenvalue weighted by molar-refractivity contribution is 7.90. The zero-order valence-electron chi connectivity index (χ0n) is 15.7. The van der Waals surface area contributed by atoms with Crippen molar-refractivity contribution in [3.63, 3.8) is 0 Å². The SMILES string of the molecule is CS(=O)(=O)c1ccc(C(=O)NCC2([NH+]3CCCCC3)CCCCC2)cc1. The van der Waals surface area contributed by atoms with Crippen LogP contribution in [0, 0.1) is 0 Å². The number of carbonyl (C=O) groups is 1. The molecule has 0 atom stereocenters. The highest BCUT2D eigenvalue weighted by Crippen LogP contribution is 2.26. The molecular formula is C20H31N2O3S+. The van der Waals surface area contributed by atoms with Crippen molar-refractivity contribution >= 4 is 15.7 Å². The highest BCUT2D eigenvalue weighted by Gasteiger charge is 2.42. The van der Waals surface area contributed by atoms with E-state index in [-0.39, 0.29) is 16.3 Å². The van der Waals surface area contributed by atoms with Gasteiger partial charge in [-0.3, -0.25) is 4.79 Å². The summed E-state index contributed by atoms with van der Waals surface area (Å²) in [7, 11) is -3.23. The lowest BCUT2D eigenvalue weighted by atomic mass is 9.79. The molecule has 0 radical (unpaired) electrons. The fourth-order valence-corrected chi connectivity index (χ4v) is 5.23. The van der Waals surface area contributed by atoms with Crippen LogP contribution in [-0.2, 0) is 9.84 Å². The van der Waals surface area contributed by atoms with Gasteiger partial charge in [0, 0.05) is 24.7 Å². The van der Waals surface area contributed by atoms with E-state index in [0.29, 0.717) is 5.56 Å². The molecule has 1 heterocycles. The van der Waals surface area contributed by atoms with Crippen molar-refractivity contribution in [2.45, 2.75) is 61.8 Å². The van der Waals surface area contributed by atoms with E-state index in [2.05, 4.69) is 5.32 Å². The lowest BCUT2D eigenvalue weighted by Crippen LogP contribution is -3.22. The maximum absolute atomic E-state index is 12.6. The Morgan fingerprint density at radius 3 is 2.15 bits per heavy atom. The Bertz CT molecular complexity index is 716. The van der Waals surface area contributed by atoms with Crippen molar-refractivity contribution in [2.24, 2.45) is 0 Å². The van der Waals surface area contributed by atoms with E-state index in [0.717, 1.165) is 6.54 Å². The number of likely N-dealkylation sites (tertiary alicyclic amines) is 1. The molecule has 5 nitrogen and oxygen atoms in total. The molecule has 1 amide bonds. The van der Waals surface area contributed by atoms with Crippen molar-refractivity contribution in [1.29, 1.82) is 0 Å². The van der Waals surface area contributed by atoms with E-state index >= 15 is 0 Å². The number of nitrogens with one attached hydrogen (secondary N) is 2. The first-order valence-corrected chi connectivity index (χ1v) is 11.7. The molecule has 1 saturated carbocycles. The molecule has 2 fully saturated rings. The molecule has 1 aromatic rings. The summed E-state index contributed by atoms with van der Waals surface area (Å²) in [6.07, 6.45) is 11.3. The maximum atomic E-state index is 12.6. The number of benzene rings is 1. The first kappa shape index (κ1) is 19.4. The van der Waals surface area contributed by atoms with Crippen molar-refractivity contribution in [3.05, 3.63) is 29.8 Å². The summed E-state index contributed by atoms with van der Waals surface area (Å²) in [6.45, 7) is 3.16. The van der Waals surface area contributed by atoms with Crippen LogP contribution in [0.2, 0.25) is 0 Å². The van der Waals surface area contributed by atoms with Crippen LogP contribution in [0.5, 0.6) is 0 Å². The summed E-state index contributed by atoms with van der Waals surface area (Å²) in [5.74, 6) is -0.105. The van der Waals surface area contributed by atoms with Crippen molar-refractivity contribution in [1.82, 2.24) is 5.32 Å². The topological polar surface area (TPSA) is 67.7 Å². The fourth-order valence-electron chi connectivity index (χ4n) is 4.60. The smallest absolute Gasteiger partial charge is 0.251 e. The third-order valence-electron chi connectivity index (χ3n) is 6.15. The van der Waals surface area contributed by atoms with Crippen LogP contribution >= 0.6 is 0 Å². The largest absolute Gasteiger partial charge is 0.346 e. The summed E-state index contributed by atoms with van der Waals surface area (Å²) in [5, 5.41) is 3.16. The molecule has 1 saturated heterocycles. The van der Waals surface area contributed by atoms with Crippen LogP contribution in [0.1, 0.15) is 61.7 Å². The Morgan fingerprint density at radius 1 is 1.00 bits per heavy atom. The zero-order chi connectivity index (χ0) is 18.6. The Morgan fingerprint density at radius 2 is 1.58 bits per heavy atom. The molecular weight excluding hydrogens is 348 g/mol. The van der Waals surface area contributed by atoms with Crippen LogP contribution in [0.4, 0.5) is 0 Å². The Hall–Kier alpha value is -1.40. The lowest BCUT2D eigenvalue weighted by Gasteiger charge is -2.45. The minimum Gasteiger partial charge on any atom is -0.346 e. The van der Waals surface area contributed by atoms with Crippen molar-refractivity contribution in [2.75, 3.05) is 25.9 Å². The van der Waals surface area contributed by atoms with Gasteiger partial charge in [0.05, 0.1) is 24.5 Å². The van der Waals surface area contributed by atoms with E-state index in [1.807, 2.05) is 0 Å². The third-order valence-corrected chi connectivity index (χ3v) is 7.28. The van der Waals surface area contributed by atoms with E-state index in [9.17, 15) is 13.2 Å². The van der Waals surface area contributed by atoms with Crippen LogP contribution in [0.3, 0.4) is 0 Å². The molecule has 1 aliphatic heterocycles. The number of amides is 1. The molecule has 26 heavy (non-hydrogen) atoms. The maximum Gasteiger partial charge on any atom is 0.251 e. The number of hydrogen-bond acceptors (Lipinski definition) is 3. The predicted octanol–water partition coefficient (Wildman–Crippen LogP) is 1.59. The minimum atomic E-state index is -3.23. The van der Waals surface area contributed by atoms with Crippen LogP contribution < -0.4 is 10.2 Å². The van der Waals surface area contributed by atoms with E-state index in [1.54, 1.807) is 17.0 Å². The van der Waals surface area contributed by atoms with E-state index in [1.165, 1.54) is 82.8 Å². The second-order valence-corrected chi connectivity index (χ2v) is 10.0. The molecule has 2 aliphatic rings. The number of carbonyl (C=O) groups excluding carboxylic acids is 1. The Kier molecular flexibility index (Phi) is 6.03. The number of sulfone groups is 1. The van der Waals surface area contributed by atoms with Gasteiger partial charge >= 0.3 is 0 Å². The summed E-state index contributed by atoms with van der Waals surface area (Å²) in [6, 6.07) is 6.23. The molecule has 144 valence electrons. The Labute approximate surface area is 157 Å². The van der Waals surface area contributed by atoms with Crippen LogP contribution in [0.25, 0.3) is 0 Å². The standard InChI is InChI=1S/C20H30N2O3S/c1-26(24,25)18-10-8-17(9-11-18)19(23)21-16-20(12-4-2-5-13-20)22-14-6-3-7-15-22/h8-11H,2-7,12-16H2,1H3,(H,21,23)/p+1. The first-order valence-electron chi connectivity index (χ1n) is 9.84. The average Bonchev–Trinajstić information content (AvgIpc) is 2.67. The van der Waals surface area contributed by atoms with Gasteiger partial charge in [0.2, 0.25) is 0 Å². The molecule has 0 spiro atoms. The van der Waals surface area contributed by atoms with Crippen LogP contribution in [-0.4, -0.2) is 45.8 Å². The van der Waals surface area contributed by atoms with Gasteiger partial charge in [-0.2, -0.15) is 0 Å². The summed E-state index contributed by atoms with van der Waals surface area (Å²) < 4.78 is 23.1. The van der Waals surface area contributed by atoms with Gasteiger partial charge in [0.1, 0.15) is 5.54 Å². The monoisotopic (exact) mass is 379 g/mol. The summed E-state index contributed by atoms with van der Waals surface area (Å²) in [4.78, 5) is 14.5. The molecule has 0 aromatic heterocycles. The molecule has 3 rings (SSSR count).